The molecule has 0 spiro atoms. The lowest BCUT2D eigenvalue weighted by Crippen LogP contribution is -2.22. The molecule has 0 saturated heterocycles. The first-order valence-corrected chi connectivity index (χ1v) is 10.7. The van der Waals surface area contributed by atoms with Crippen molar-refractivity contribution >= 4 is 50.9 Å². The van der Waals surface area contributed by atoms with Crippen LogP contribution in [-0.4, -0.2) is 28.0 Å². The quantitative estimate of drug-likeness (QED) is 0.238. The smallest absolute Gasteiger partial charge is 0.252 e. The molecule has 0 unspecified atom stereocenters. The lowest BCUT2D eigenvalue weighted by molar-refractivity contribution is 0.415. The molecule has 0 amide bonds. The van der Waals surface area contributed by atoms with E-state index >= 15 is 0 Å². The number of methoxy groups -OCH3 is 1. The van der Waals surface area contributed by atoms with Crippen LogP contribution in [0.1, 0.15) is 5.69 Å². The maximum Gasteiger partial charge on any atom is 0.252 e. The number of benzene rings is 2. The number of guanidine groups is 1. The fourth-order valence-electron chi connectivity index (χ4n) is 2.63. The third kappa shape index (κ3) is 4.97. The van der Waals surface area contributed by atoms with Crippen LogP contribution in [0.4, 0.5) is 11.6 Å². The second kappa shape index (κ2) is 8.97. The molecule has 0 aliphatic rings. The summed E-state index contributed by atoms with van der Waals surface area (Å²) in [4.78, 5) is 27.7. The number of nitrogens with one attached hydrogen (secondary N) is 2. The van der Waals surface area contributed by atoms with Crippen LogP contribution in [0.25, 0.3) is 10.2 Å². The van der Waals surface area contributed by atoms with Crippen LogP contribution in [0.15, 0.2) is 68.7 Å². The van der Waals surface area contributed by atoms with Gasteiger partial charge in [0.2, 0.25) is 11.9 Å². The number of hydrogen-bond donors (Lipinski definition) is 3. The van der Waals surface area contributed by atoms with Gasteiger partial charge in [-0.2, -0.15) is 4.99 Å². The van der Waals surface area contributed by atoms with E-state index in [1.165, 1.54) is 17.8 Å². The molecule has 2 aromatic carbocycles. The monoisotopic (exact) mass is 438 g/mol. The number of aromatic amines is 1. The number of nitrogens with two attached hydrogens (primary N) is 1. The van der Waals surface area contributed by atoms with E-state index in [1.54, 1.807) is 30.6 Å². The Balaban J connectivity index is 1.46. The SMILES string of the molecule is COc1ccc(N/C(N)=N/c2nc(CSc3nc4ccccc4s3)cc(=O)[nH]2)cc1. The zero-order chi connectivity index (χ0) is 20.9. The van der Waals surface area contributed by atoms with E-state index in [0.29, 0.717) is 11.4 Å². The van der Waals surface area contributed by atoms with Crippen molar-refractivity contribution in [2.24, 2.45) is 10.7 Å². The highest BCUT2D eigenvalue weighted by Gasteiger charge is 2.07. The molecule has 0 bridgehead atoms. The van der Waals surface area contributed by atoms with Crippen molar-refractivity contribution in [1.82, 2.24) is 15.0 Å². The zero-order valence-corrected chi connectivity index (χ0v) is 17.6. The molecule has 0 atom stereocenters. The van der Waals surface area contributed by atoms with Gasteiger partial charge in [0.1, 0.15) is 5.75 Å². The molecule has 0 fully saturated rings. The third-order valence-electron chi connectivity index (χ3n) is 3.99. The number of hydrogen-bond acceptors (Lipinski definition) is 7. The Kier molecular flexibility index (Phi) is 5.96. The number of para-hydroxylation sites is 1. The van der Waals surface area contributed by atoms with Gasteiger partial charge < -0.3 is 15.8 Å². The molecule has 0 radical (unpaired) electrons. The van der Waals surface area contributed by atoms with E-state index in [0.717, 1.165) is 26.0 Å². The van der Waals surface area contributed by atoms with Gasteiger partial charge in [-0.3, -0.25) is 9.78 Å². The Morgan fingerprint density at radius 2 is 2.03 bits per heavy atom. The summed E-state index contributed by atoms with van der Waals surface area (Å²) >= 11 is 3.14. The highest BCUT2D eigenvalue weighted by atomic mass is 32.2. The maximum atomic E-state index is 12.0. The number of thiazole rings is 1. The van der Waals surface area contributed by atoms with Gasteiger partial charge in [-0.15, -0.1) is 11.3 Å². The van der Waals surface area contributed by atoms with E-state index in [9.17, 15) is 4.79 Å². The summed E-state index contributed by atoms with van der Waals surface area (Å²) in [6.07, 6.45) is 0. The standard InChI is InChI=1S/C20H18N6O2S2/c1-28-14-8-6-12(7-9-14)22-18(21)26-19-23-13(10-17(27)25-19)11-29-20-24-15-4-2-3-5-16(15)30-20/h2-10H,11H2,1H3,(H4,21,22,23,25,26,27). The fourth-order valence-corrected chi connectivity index (χ4v) is 4.59. The van der Waals surface area contributed by atoms with Crippen molar-refractivity contribution in [2.45, 2.75) is 10.1 Å². The van der Waals surface area contributed by atoms with Gasteiger partial charge in [0.05, 0.1) is 23.0 Å². The molecule has 4 aromatic rings. The van der Waals surface area contributed by atoms with Crippen molar-refractivity contribution in [3.05, 3.63) is 70.6 Å². The van der Waals surface area contributed by atoms with Gasteiger partial charge in [0, 0.05) is 17.5 Å². The number of rotatable bonds is 6. The highest BCUT2D eigenvalue weighted by molar-refractivity contribution is 8.00. The molecule has 0 aliphatic heterocycles. The van der Waals surface area contributed by atoms with Crippen LogP contribution in [0.5, 0.6) is 5.75 Å². The first kappa shape index (κ1) is 19.9. The van der Waals surface area contributed by atoms with Gasteiger partial charge in [0.25, 0.3) is 5.56 Å². The first-order valence-electron chi connectivity index (χ1n) is 8.93. The molecule has 30 heavy (non-hydrogen) atoms. The van der Waals surface area contributed by atoms with E-state index < -0.39 is 0 Å². The summed E-state index contributed by atoms with van der Waals surface area (Å²) in [5.41, 5.74) is 7.96. The third-order valence-corrected chi connectivity index (χ3v) is 6.20. The van der Waals surface area contributed by atoms with Gasteiger partial charge in [-0.25, -0.2) is 9.97 Å². The Bertz CT molecular complexity index is 1220. The van der Waals surface area contributed by atoms with Crippen molar-refractivity contribution < 1.29 is 4.74 Å². The first-order chi connectivity index (χ1) is 14.6. The Morgan fingerprint density at radius 1 is 1.23 bits per heavy atom. The summed E-state index contributed by atoms with van der Waals surface area (Å²) in [6.45, 7) is 0. The lowest BCUT2D eigenvalue weighted by Gasteiger charge is -2.06. The number of aromatic nitrogens is 3. The maximum absolute atomic E-state index is 12.0. The number of H-pyrrole nitrogens is 1. The molecular formula is C20H18N6O2S2. The summed E-state index contributed by atoms with van der Waals surface area (Å²) in [5, 5.41) is 2.95. The summed E-state index contributed by atoms with van der Waals surface area (Å²) in [7, 11) is 1.60. The minimum Gasteiger partial charge on any atom is -0.497 e. The van der Waals surface area contributed by atoms with E-state index in [4.69, 9.17) is 10.5 Å². The van der Waals surface area contributed by atoms with Crippen LogP contribution >= 0.6 is 23.1 Å². The van der Waals surface area contributed by atoms with Crippen LogP contribution in [0.2, 0.25) is 0 Å². The molecule has 152 valence electrons. The molecule has 8 nitrogen and oxygen atoms in total. The molecule has 0 saturated carbocycles. The number of anilines is 1. The van der Waals surface area contributed by atoms with Gasteiger partial charge in [-0.1, -0.05) is 23.9 Å². The Morgan fingerprint density at radius 3 is 2.80 bits per heavy atom. The van der Waals surface area contributed by atoms with Gasteiger partial charge in [-0.05, 0) is 36.4 Å². The fraction of sp³-hybridized carbons (Fsp3) is 0.100. The number of nitrogens with zero attached hydrogens (tertiary/aromatic N) is 3. The molecule has 2 heterocycles. The Hall–Kier alpha value is -3.37. The number of fused-ring (bicyclic) bond motifs is 1. The molecule has 4 N–H and O–H groups in total. The summed E-state index contributed by atoms with van der Waals surface area (Å²) < 4.78 is 7.17. The topological polar surface area (TPSA) is 118 Å². The summed E-state index contributed by atoms with van der Waals surface area (Å²) in [5.74, 6) is 1.48. The second-order valence-electron chi connectivity index (χ2n) is 6.15. The van der Waals surface area contributed by atoms with Crippen LogP contribution in [-0.2, 0) is 5.75 Å². The number of aliphatic imine (C=N–C) groups is 1. The van der Waals surface area contributed by atoms with Crippen LogP contribution in [0.3, 0.4) is 0 Å². The predicted octanol–water partition coefficient (Wildman–Crippen LogP) is 3.74. The Labute approximate surface area is 180 Å². The second-order valence-corrected chi connectivity index (χ2v) is 8.40. The lowest BCUT2D eigenvalue weighted by atomic mass is 10.3. The largest absolute Gasteiger partial charge is 0.497 e. The van der Waals surface area contributed by atoms with Gasteiger partial charge >= 0.3 is 0 Å². The number of ether oxygens (including phenoxy) is 1. The van der Waals surface area contributed by atoms with Crippen LogP contribution in [0, 0.1) is 0 Å². The van der Waals surface area contributed by atoms with Gasteiger partial charge in [0.15, 0.2) is 4.34 Å². The normalized spacial score (nSPS) is 11.6. The van der Waals surface area contributed by atoms with Crippen LogP contribution < -0.4 is 21.3 Å². The van der Waals surface area contributed by atoms with E-state index in [2.05, 4.69) is 25.3 Å². The van der Waals surface area contributed by atoms with E-state index in [1.807, 2.05) is 36.4 Å². The minimum atomic E-state index is -0.291. The van der Waals surface area contributed by atoms with Crippen molar-refractivity contribution in [1.29, 1.82) is 0 Å². The summed E-state index contributed by atoms with van der Waals surface area (Å²) in [6, 6.07) is 16.6. The van der Waals surface area contributed by atoms with Crippen molar-refractivity contribution in [2.75, 3.05) is 12.4 Å². The zero-order valence-electron chi connectivity index (χ0n) is 16.0. The molecule has 0 aliphatic carbocycles. The van der Waals surface area contributed by atoms with Crippen molar-refractivity contribution in [3.8, 4) is 5.75 Å². The van der Waals surface area contributed by atoms with Crippen molar-refractivity contribution in [3.63, 3.8) is 0 Å². The molecule has 2 aromatic heterocycles. The molecule has 4 rings (SSSR count). The average molecular weight is 439 g/mol. The number of thioether (sulfide) groups is 1. The molecular weight excluding hydrogens is 420 g/mol. The highest BCUT2D eigenvalue weighted by Crippen LogP contribution is 2.30. The predicted molar refractivity (Wildman–Crippen MR) is 122 cm³/mol. The molecule has 10 heteroatoms. The van der Waals surface area contributed by atoms with E-state index in [-0.39, 0.29) is 17.5 Å². The average Bonchev–Trinajstić information content (AvgIpc) is 3.15. The minimum absolute atomic E-state index is 0.110.